The molecule has 0 radical (unpaired) electrons. The number of hydrogen-bond acceptors (Lipinski definition) is 7. The summed E-state index contributed by atoms with van der Waals surface area (Å²) in [7, 11) is 1.89. The van der Waals surface area contributed by atoms with E-state index in [9.17, 15) is 19.2 Å². The molecule has 42 heavy (non-hydrogen) atoms. The first-order valence-electron chi connectivity index (χ1n) is 14.7. The highest BCUT2D eigenvalue weighted by Gasteiger charge is 2.42. The van der Waals surface area contributed by atoms with E-state index in [0.717, 1.165) is 0 Å². The van der Waals surface area contributed by atoms with Gasteiger partial charge < -0.3 is 20.7 Å². The summed E-state index contributed by atoms with van der Waals surface area (Å²) in [5.41, 5.74) is 3.24. The van der Waals surface area contributed by atoms with Crippen LogP contribution in [0.2, 0.25) is 0 Å². The molecule has 1 aliphatic carbocycles. The summed E-state index contributed by atoms with van der Waals surface area (Å²) in [4.78, 5) is 51.5. The molecule has 0 saturated carbocycles. The Bertz CT molecular complexity index is 1120. The lowest BCUT2D eigenvalue weighted by Crippen LogP contribution is -2.60. The fraction of sp³-hybridized carbons (Fsp3) is 0.625. The van der Waals surface area contributed by atoms with Gasteiger partial charge in [-0.1, -0.05) is 39.0 Å². The molecular formula is C32H49N5O5. The van der Waals surface area contributed by atoms with Crippen LogP contribution in [0.4, 0.5) is 0 Å². The summed E-state index contributed by atoms with van der Waals surface area (Å²) < 4.78 is 5.65. The van der Waals surface area contributed by atoms with Gasteiger partial charge in [-0.25, -0.2) is 5.43 Å². The highest BCUT2D eigenvalue weighted by Crippen LogP contribution is 2.49. The van der Waals surface area contributed by atoms with Gasteiger partial charge in [-0.3, -0.25) is 24.2 Å². The third-order valence-electron chi connectivity index (χ3n) is 8.58. The standard InChI is InChI=1S/C32H49N5O5/c1-10-13-25(35-30(41)31(6,7)11-2)27(38)34-22(5)28(39)37-18-12-14-26(36-37)29(40)42-19-17-23-15-16-24(20-33-9)32(23,8)21(3)4/h1,11,15-16,20-23,25-26,33,36H,2,12-14,17-19H2,3-9H3,(H,34,38)(H,35,41)/b24-20-/t22-,23?,25-,26-,32-/m0/s1. The first-order chi connectivity index (χ1) is 19.7. The number of esters is 1. The van der Waals surface area contributed by atoms with Crippen molar-refractivity contribution in [2.24, 2.45) is 22.7 Å². The highest BCUT2D eigenvalue weighted by atomic mass is 16.5. The smallest absolute Gasteiger partial charge is 0.324 e. The summed E-state index contributed by atoms with van der Waals surface area (Å²) in [5.74, 6) is 1.22. The molecule has 232 valence electrons. The summed E-state index contributed by atoms with van der Waals surface area (Å²) in [6.07, 6.45) is 15.0. The largest absolute Gasteiger partial charge is 0.464 e. The highest BCUT2D eigenvalue weighted by molar-refractivity contribution is 5.93. The van der Waals surface area contributed by atoms with Crippen molar-refractivity contribution in [2.75, 3.05) is 20.2 Å². The lowest BCUT2D eigenvalue weighted by atomic mass is 9.67. The monoisotopic (exact) mass is 583 g/mol. The van der Waals surface area contributed by atoms with Crippen LogP contribution in [-0.2, 0) is 23.9 Å². The van der Waals surface area contributed by atoms with Crippen LogP contribution in [0, 0.1) is 35.0 Å². The molecule has 3 amide bonds. The molecule has 0 spiro atoms. The van der Waals surface area contributed by atoms with E-state index in [4.69, 9.17) is 11.2 Å². The fourth-order valence-corrected chi connectivity index (χ4v) is 5.21. The molecule has 10 nitrogen and oxygen atoms in total. The van der Waals surface area contributed by atoms with Crippen LogP contribution in [0.5, 0.6) is 0 Å². The summed E-state index contributed by atoms with van der Waals surface area (Å²) in [6.45, 7) is 15.8. The molecule has 4 N–H and O–H groups in total. The number of hydrazine groups is 1. The Balaban J connectivity index is 1.93. The van der Waals surface area contributed by atoms with Gasteiger partial charge in [0, 0.05) is 25.4 Å². The zero-order valence-electron chi connectivity index (χ0n) is 26.2. The minimum atomic E-state index is -1.01. The van der Waals surface area contributed by atoms with Crippen molar-refractivity contribution in [1.29, 1.82) is 0 Å². The van der Waals surface area contributed by atoms with Gasteiger partial charge in [0.25, 0.3) is 5.91 Å². The second-order valence-electron chi connectivity index (χ2n) is 12.2. The second kappa shape index (κ2) is 15.1. The molecule has 5 atom stereocenters. The van der Waals surface area contributed by atoms with Crippen LogP contribution >= 0.6 is 0 Å². The number of carbonyl (C=O) groups excluding carboxylic acids is 4. The van der Waals surface area contributed by atoms with Crippen molar-refractivity contribution in [3.8, 4) is 12.3 Å². The molecule has 2 aliphatic rings. The van der Waals surface area contributed by atoms with Crippen LogP contribution < -0.4 is 21.4 Å². The van der Waals surface area contributed by atoms with Crippen LogP contribution in [0.15, 0.2) is 36.6 Å². The van der Waals surface area contributed by atoms with Gasteiger partial charge in [-0.05, 0) is 63.6 Å². The van der Waals surface area contributed by atoms with Gasteiger partial charge in [0.05, 0.1) is 12.0 Å². The van der Waals surface area contributed by atoms with E-state index < -0.39 is 47.2 Å². The number of nitrogens with zero attached hydrogens (tertiary/aromatic N) is 1. The molecule has 0 aromatic carbocycles. The van der Waals surface area contributed by atoms with Gasteiger partial charge in [-0.2, -0.15) is 0 Å². The zero-order chi connectivity index (χ0) is 31.7. The second-order valence-corrected chi connectivity index (χ2v) is 12.2. The number of amides is 3. The van der Waals surface area contributed by atoms with Crippen molar-refractivity contribution >= 4 is 23.7 Å². The van der Waals surface area contributed by atoms with Crippen LogP contribution in [0.25, 0.3) is 0 Å². The van der Waals surface area contributed by atoms with Gasteiger partial charge in [-0.15, -0.1) is 18.9 Å². The predicted molar refractivity (Wildman–Crippen MR) is 163 cm³/mol. The van der Waals surface area contributed by atoms with E-state index in [1.807, 2.05) is 13.2 Å². The van der Waals surface area contributed by atoms with E-state index in [-0.39, 0.29) is 24.4 Å². The summed E-state index contributed by atoms with van der Waals surface area (Å²) >= 11 is 0. The summed E-state index contributed by atoms with van der Waals surface area (Å²) in [5, 5.41) is 9.75. The van der Waals surface area contributed by atoms with Gasteiger partial charge in [0.1, 0.15) is 18.1 Å². The SMILES string of the molecule is C#CC[C@H](NC(=O)C(C)(C)C=C)C(=O)N[C@@H](C)C(=O)N1CCC[C@@H](C(=O)OCCC2C=C/C(=C/NC)[C@@]2(C)C(C)C)N1. The zero-order valence-corrected chi connectivity index (χ0v) is 26.2. The van der Waals surface area contributed by atoms with Crippen molar-refractivity contribution < 1.29 is 23.9 Å². The molecular weight excluding hydrogens is 534 g/mol. The third kappa shape index (κ3) is 8.25. The average molecular weight is 584 g/mol. The Morgan fingerprint density at radius 3 is 2.57 bits per heavy atom. The molecule has 1 saturated heterocycles. The number of terminal acetylenes is 1. The first kappa shape index (κ1) is 34.6. The van der Waals surface area contributed by atoms with Crippen molar-refractivity contribution in [3.05, 3.63) is 36.6 Å². The summed E-state index contributed by atoms with van der Waals surface area (Å²) in [6, 6.07) is -2.60. The van der Waals surface area contributed by atoms with E-state index in [2.05, 4.69) is 66.8 Å². The number of allylic oxidation sites excluding steroid dienone is 3. The van der Waals surface area contributed by atoms with Crippen molar-refractivity contribution in [2.45, 2.75) is 85.4 Å². The normalized spacial score (nSPS) is 24.5. The van der Waals surface area contributed by atoms with Gasteiger partial charge in [0.15, 0.2) is 0 Å². The molecule has 0 aromatic rings. The molecule has 1 heterocycles. The molecule has 1 fully saturated rings. The number of ether oxygens (including phenoxy) is 1. The topological polar surface area (TPSA) is 129 Å². The molecule has 10 heteroatoms. The van der Waals surface area contributed by atoms with E-state index >= 15 is 0 Å². The van der Waals surface area contributed by atoms with Crippen LogP contribution in [0.1, 0.15) is 67.2 Å². The molecule has 2 rings (SSSR count). The van der Waals surface area contributed by atoms with Gasteiger partial charge >= 0.3 is 5.97 Å². The Labute approximate surface area is 251 Å². The Morgan fingerprint density at radius 2 is 1.98 bits per heavy atom. The fourth-order valence-electron chi connectivity index (χ4n) is 5.21. The van der Waals surface area contributed by atoms with Crippen molar-refractivity contribution in [1.82, 2.24) is 26.4 Å². The number of nitrogens with one attached hydrogen (secondary N) is 4. The molecule has 0 aromatic heterocycles. The average Bonchev–Trinajstić information content (AvgIpc) is 3.28. The number of rotatable bonds is 13. The quantitative estimate of drug-likeness (QED) is 0.149. The van der Waals surface area contributed by atoms with Crippen molar-refractivity contribution in [3.63, 3.8) is 0 Å². The van der Waals surface area contributed by atoms with E-state index in [0.29, 0.717) is 31.7 Å². The first-order valence-corrected chi connectivity index (χ1v) is 14.7. The van der Waals surface area contributed by atoms with E-state index in [1.165, 1.54) is 16.7 Å². The lowest BCUT2D eigenvalue weighted by molar-refractivity contribution is -0.153. The van der Waals surface area contributed by atoms with Crippen LogP contribution in [-0.4, -0.2) is 67.0 Å². The third-order valence-corrected chi connectivity index (χ3v) is 8.58. The Hall–Kier alpha value is -3.58. The molecule has 1 aliphatic heterocycles. The van der Waals surface area contributed by atoms with E-state index in [1.54, 1.807) is 20.8 Å². The van der Waals surface area contributed by atoms with Crippen LogP contribution in [0.3, 0.4) is 0 Å². The number of carbonyl (C=O) groups is 4. The Kier molecular flexibility index (Phi) is 12.4. The molecule has 1 unspecified atom stereocenters. The lowest BCUT2D eigenvalue weighted by Gasteiger charge is -2.37. The minimum Gasteiger partial charge on any atom is -0.464 e. The minimum absolute atomic E-state index is 0.0400. The van der Waals surface area contributed by atoms with Gasteiger partial charge in [0.2, 0.25) is 11.8 Å². The number of hydrogen-bond donors (Lipinski definition) is 4. The maximum atomic E-state index is 13.2. The molecule has 0 bridgehead atoms. The maximum Gasteiger partial charge on any atom is 0.324 e. The predicted octanol–water partition coefficient (Wildman–Crippen LogP) is 2.59. The maximum absolute atomic E-state index is 13.2. The Morgan fingerprint density at radius 1 is 1.29 bits per heavy atom.